The lowest BCUT2D eigenvalue weighted by atomic mass is 9.88. The first kappa shape index (κ1) is 10.6. The van der Waals surface area contributed by atoms with Crippen molar-refractivity contribution in [3.05, 3.63) is 23.0 Å². The van der Waals surface area contributed by atoms with Gasteiger partial charge in [-0.05, 0) is 24.3 Å². The van der Waals surface area contributed by atoms with Gasteiger partial charge < -0.3 is 0 Å². The summed E-state index contributed by atoms with van der Waals surface area (Å²) >= 11 is 1.72. The molecule has 0 aliphatic rings. The van der Waals surface area contributed by atoms with Crippen molar-refractivity contribution in [2.45, 2.75) is 34.1 Å². The van der Waals surface area contributed by atoms with Crippen LogP contribution >= 0.6 is 11.3 Å². The molecular weight excluding hydrogens is 204 g/mol. The smallest absolute Gasteiger partial charge is 0.103 e. The first-order valence-corrected chi connectivity index (χ1v) is 6.03. The second-order valence-corrected chi connectivity index (χ2v) is 5.99. The van der Waals surface area contributed by atoms with Gasteiger partial charge in [-0.15, -0.1) is 11.3 Å². The van der Waals surface area contributed by atoms with Gasteiger partial charge in [0.2, 0.25) is 0 Å². The van der Waals surface area contributed by atoms with E-state index >= 15 is 0 Å². The number of aromatic nitrogens is 2. The molecule has 0 aliphatic carbocycles. The molecule has 2 aromatic rings. The molecule has 0 saturated carbocycles. The Bertz CT molecular complexity index is 480. The van der Waals surface area contributed by atoms with Crippen molar-refractivity contribution in [3.63, 3.8) is 0 Å². The molecule has 0 aliphatic heterocycles. The summed E-state index contributed by atoms with van der Waals surface area (Å²) in [6.07, 6.45) is 3.06. The van der Waals surface area contributed by atoms with Crippen molar-refractivity contribution in [2.24, 2.45) is 5.41 Å². The molecule has 0 amide bonds. The topological polar surface area (TPSA) is 25.8 Å². The summed E-state index contributed by atoms with van der Waals surface area (Å²) in [5.41, 5.74) is 5.63. The van der Waals surface area contributed by atoms with Crippen molar-refractivity contribution in [3.8, 4) is 0 Å². The number of thiazole rings is 1. The van der Waals surface area contributed by atoms with E-state index < -0.39 is 0 Å². The fraction of sp³-hybridized carbons (Fsp3) is 0.500. The van der Waals surface area contributed by atoms with Gasteiger partial charge in [0.15, 0.2) is 0 Å². The minimum atomic E-state index is 0.299. The van der Waals surface area contributed by atoms with Crippen molar-refractivity contribution < 1.29 is 0 Å². The lowest BCUT2D eigenvalue weighted by Crippen LogP contribution is -2.09. The maximum absolute atomic E-state index is 4.41. The van der Waals surface area contributed by atoms with Crippen LogP contribution in [0.3, 0.4) is 0 Å². The van der Waals surface area contributed by atoms with Crippen LogP contribution in [0.15, 0.2) is 11.7 Å². The number of hydrogen-bond donors (Lipinski definition) is 0. The quantitative estimate of drug-likeness (QED) is 0.734. The molecule has 0 saturated heterocycles. The molecule has 80 valence electrons. The highest BCUT2D eigenvalue weighted by molar-refractivity contribution is 7.17. The van der Waals surface area contributed by atoms with Crippen LogP contribution in [0.5, 0.6) is 0 Å². The Kier molecular flexibility index (Phi) is 2.51. The minimum absolute atomic E-state index is 0.299. The van der Waals surface area contributed by atoms with Gasteiger partial charge in [0.1, 0.15) is 5.52 Å². The molecule has 2 rings (SSSR count). The van der Waals surface area contributed by atoms with Gasteiger partial charge in [0.25, 0.3) is 0 Å². The minimum Gasteiger partial charge on any atom is -0.259 e. The third-order valence-electron chi connectivity index (χ3n) is 2.34. The molecule has 0 radical (unpaired) electrons. The summed E-state index contributed by atoms with van der Waals surface area (Å²) in [6.45, 7) is 8.77. The highest BCUT2D eigenvalue weighted by Crippen LogP contribution is 2.29. The molecule has 0 bridgehead atoms. The van der Waals surface area contributed by atoms with Crippen LogP contribution < -0.4 is 0 Å². The van der Waals surface area contributed by atoms with Crippen LogP contribution in [-0.2, 0) is 6.42 Å². The summed E-state index contributed by atoms with van der Waals surface area (Å²) in [7, 11) is 0. The Morgan fingerprint density at radius 3 is 2.67 bits per heavy atom. The Hall–Kier alpha value is -0.960. The van der Waals surface area contributed by atoms with Gasteiger partial charge in [-0.2, -0.15) is 0 Å². The Morgan fingerprint density at radius 2 is 2.00 bits per heavy atom. The second kappa shape index (κ2) is 3.56. The third kappa shape index (κ3) is 2.17. The summed E-state index contributed by atoms with van der Waals surface area (Å²) in [4.78, 5) is 8.77. The van der Waals surface area contributed by atoms with E-state index in [-0.39, 0.29) is 0 Å². The molecule has 3 heteroatoms. The van der Waals surface area contributed by atoms with Gasteiger partial charge in [0, 0.05) is 6.20 Å². The molecule has 0 fully saturated rings. The van der Waals surface area contributed by atoms with Gasteiger partial charge >= 0.3 is 0 Å². The fourth-order valence-corrected chi connectivity index (χ4v) is 2.58. The predicted octanol–water partition coefficient (Wildman–Crippen LogP) is 3.59. The van der Waals surface area contributed by atoms with Gasteiger partial charge in [0.05, 0.1) is 15.9 Å². The van der Waals surface area contributed by atoms with Crippen molar-refractivity contribution in [1.82, 2.24) is 9.97 Å². The highest BCUT2D eigenvalue weighted by atomic mass is 32.1. The summed E-state index contributed by atoms with van der Waals surface area (Å²) in [6, 6.07) is 0. The maximum Gasteiger partial charge on any atom is 0.103 e. The SMILES string of the molecule is Cc1ncc(CC(C)(C)C)c2scnc12. The predicted molar refractivity (Wildman–Crippen MR) is 65.3 cm³/mol. The molecule has 0 unspecified atom stereocenters. The standard InChI is InChI=1S/C12H16N2S/c1-8-10-11(15-7-14-10)9(6-13-8)5-12(2,3)4/h6-7H,5H2,1-4H3. The molecule has 2 heterocycles. The lowest BCUT2D eigenvalue weighted by Gasteiger charge is -2.18. The molecular formula is C12H16N2S. The zero-order valence-corrected chi connectivity index (χ0v) is 10.5. The van der Waals surface area contributed by atoms with E-state index in [2.05, 4.69) is 30.7 Å². The van der Waals surface area contributed by atoms with Gasteiger partial charge in [-0.1, -0.05) is 20.8 Å². The number of hydrogen-bond acceptors (Lipinski definition) is 3. The third-order valence-corrected chi connectivity index (χ3v) is 3.24. The van der Waals surface area contributed by atoms with Crippen LogP contribution in [0.1, 0.15) is 32.0 Å². The first-order chi connectivity index (χ1) is 6.97. The van der Waals surface area contributed by atoms with Crippen LogP contribution in [0, 0.1) is 12.3 Å². The van der Waals surface area contributed by atoms with E-state index in [1.54, 1.807) is 11.3 Å². The number of rotatable bonds is 1. The van der Waals surface area contributed by atoms with Gasteiger partial charge in [-0.3, -0.25) is 4.98 Å². The molecule has 0 atom stereocenters. The number of fused-ring (bicyclic) bond motifs is 1. The van der Waals surface area contributed by atoms with Crippen LogP contribution in [-0.4, -0.2) is 9.97 Å². The van der Waals surface area contributed by atoms with E-state index in [4.69, 9.17) is 0 Å². The number of pyridine rings is 1. The number of aryl methyl sites for hydroxylation is 1. The summed E-state index contributed by atoms with van der Waals surface area (Å²) in [5, 5.41) is 0. The number of nitrogens with zero attached hydrogens (tertiary/aromatic N) is 2. The highest BCUT2D eigenvalue weighted by Gasteiger charge is 2.15. The van der Waals surface area contributed by atoms with Crippen molar-refractivity contribution in [1.29, 1.82) is 0 Å². The summed E-state index contributed by atoms with van der Waals surface area (Å²) in [5.74, 6) is 0. The van der Waals surface area contributed by atoms with E-state index in [9.17, 15) is 0 Å². The molecule has 2 nitrogen and oxygen atoms in total. The zero-order valence-electron chi connectivity index (χ0n) is 9.66. The van der Waals surface area contributed by atoms with Crippen LogP contribution in [0.4, 0.5) is 0 Å². The summed E-state index contributed by atoms with van der Waals surface area (Å²) < 4.78 is 1.30. The maximum atomic E-state index is 4.41. The Balaban J connectivity index is 2.53. The Morgan fingerprint density at radius 1 is 1.27 bits per heavy atom. The van der Waals surface area contributed by atoms with Crippen molar-refractivity contribution in [2.75, 3.05) is 0 Å². The molecule has 0 aromatic carbocycles. The van der Waals surface area contributed by atoms with E-state index in [0.717, 1.165) is 17.6 Å². The van der Waals surface area contributed by atoms with E-state index in [1.165, 1.54) is 10.3 Å². The Labute approximate surface area is 94.4 Å². The average molecular weight is 220 g/mol. The fourth-order valence-electron chi connectivity index (χ4n) is 1.72. The van der Waals surface area contributed by atoms with E-state index in [0.29, 0.717) is 5.41 Å². The normalized spacial score (nSPS) is 12.3. The van der Waals surface area contributed by atoms with Crippen molar-refractivity contribution >= 4 is 21.6 Å². The zero-order chi connectivity index (χ0) is 11.1. The molecule has 15 heavy (non-hydrogen) atoms. The molecule has 0 N–H and O–H groups in total. The monoisotopic (exact) mass is 220 g/mol. The second-order valence-electron chi connectivity index (χ2n) is 5.14. The first-order valence-electron chi connectivity index (χ1n) is 5.15. The molecule has 2 aromatic heterocycles. The van der Waals surface area contributed by atoms with E-state index in [1.807, 2.05) is 18.6 Å². The lowest BCUT2D eigenvalue weighted by molar-refractivity contribution is 0.412. The van der Waals surface area contributed by atoms with Crippen LogP contribution in [0.25, 0.3) is 10.2 Å². The van der Waals surface area contributed by atoms with Gasteiger partial charge in [-0.25, -0.2) is 4.98 Å². The average Bonchev–Trinajstić information content (AvgIpc) is 2.57. The van der Waals surface area contributed by atoms with Crippen LogP contribution in [0.2, 0.25) is 0 Å². The molecule has 0 spiro atoms. The largest absolute Gasteiger partial charge is 0.259 e.